The quantitative estimate of drug-likeness (QED) is 0.351. The summed E-state index contributed by atoms with van der Waals surface area (Å²) in [6, 6.07) is 19.7. The van der Waals surface area contributed by atoms with E-state index in [0.717, 1.165) is 23.1 Å². The first-order chi connectivity index (χ1) is 15.8. The van der Waals surface area contributed by atoms with E-state index in [1.165, 1.54) is 6.20 Å². The minimum absolute atomic E-state index is 0.0566. The summed E-state index contributed by atoms with van der Waals surface area (Å²) in [5, 5.41) is 15.4. The third kappa shape index (κ3) is 7.32. The maximum Gasteiger partial charge on any atom is 0.305 e. The molecule has 7 heteroatoms. The number of carbonyl (C=O) groups is 2. The zero-order valence-corrected chi connectivity index (χ0v) is 19.5. The molecule has 3 aromatic rings. The van der Waals surface area contributed by atoms with Crippen molar-refractivity contribution in [1.29, 1.82) is 0 Å². The number of rotatable bonds is 10. The van der Waals surface area contributed by atoms with Crippen molar-refractivity contribution in [1.82, 2.24) is 10.3 Å². The van der Waals surface area contributed by atoms with E-state index >= 15 is 0 Å². The number of aromatic nitrogens is 1. The number of amides is 1. The molecule has 0 fully saturated rings. The predicted molar refractivity (Wildman–Crippen MR) is 132 cm³/mol. The monoisotopic (exact) mass is 465 g/mol. The molecular formula is C26H28ClN3O3. The van der Waals surface area contributed by atoms with E-state index < -0.39 is 5.97 Å². The van der Waals surface area contributed by atoms with Crippen LogP contribution < -0.4 is 10.6 Å². The molecule has 3 rings (SSSR count). The van der Waals surface area contributed by atoms with Crippen molar-refractivity contribution in [3.63, 3.8) is 0 Å². The van der Waals surface area contributed by atoms with Crippen LogP contribution in [0.1, 0.15) is 48.7 Å². The number of carbonyl (C=O) groups excluding carboxylic acids is 1. The molecule has 0 spiro atoms. The third-order valence-electron chi connectivity index (χ3n) is 5.15. The maximum absolute atomic E-state index is 12.1. The van der Waals surface area contributed by atoms with Crippen molar-refractivity contribution in [2.24, 2.45) is 5.92 Å². The highest BCUT2D eigenvalue weighted by molar-refractivity contribution is 6.30. The molecule has 0 saturated carbocycles. The highest BCUT2D eigenvalue weighted by Gasteiger charge is 2.15. The largest absolute Gasteiger partial charge is 0.481 e. The van der Waals surface area contributed by atoms with E-state index in [4.69, 9.17) is 16.7 Å². The lowest BCUT2D eigenvalue weighted by molar-refractivity contribution is -0.136. The molecule has 0 radical (unpaired) electrons. The van der Waals surface area contributed by atoms with Crippen LogP contribution in [0.2, 0.25) is 5.02 Å². The van der Waals surface area contributed by atoms with Gasteiger partial charge in [-0.25, -0.2) is 4.98 Å². The first-order valence-electron chi connectivity index (χ1n) is 10.9. The minimum Gasteiger partial charge on any atom is -0.481 e. The molecule has 6 nitrogen and oxygen atoms in total. The normalized spacial score (nSPS) is 11.8. The van der Waals surface area contributed by atoms with Gasteiger partial charge in [0.1, 0.15) is 5.82 Å². The number of anilines is 1. The summed E-state index contributed by atoms with van der Waals surface area (Å²) in [6.07, 6.45) is 2.29. The standard InChI is InChI=1S/C26H28ClN3O3/c1-17(2)14-23(19-8-6-18(7-9-19)20-4-3-5-22(27)15-20)30-24-11-10-21(16-29-24)26(33)28-13-12-25(31)32/h3-11,15-17,23H,12-14H2,1-2H3,(H,28,33)(H,29,30)(H,31,32). The maximum atomic E-state index is 12.1. The van der Waals surface area contributed by atoms with Gasteiger partial charge in [-0.05, 0) is 53.3 Å². The van der Waals surface area contributed by atoms with Crippen LogP contribution in [0.15, 0.2) is 66.9 Å². The number of hydrogen-bond acceptors (Lipinski definition) is 4. The van der Waals surface area contributed by atoms with Gasteiger partial charge in [0.05, 0.1) is 18.0 Å². The first kappa shape index (κ1) is 24.3. The van der Waals surface area contributed by atoms with Crippen LogP contribution >= 0.6 is 11.6 Å². The second-order valence-corrected chi connectivity index (χ2v) is 8.73. The molecule has 0 bridgehead atoms. The van der Waals surface area contributed by atoms with E-state index in [1.54, 1.807) is 12.1 Å². The van der Waals surface area contributed by atoms with Crippen molar-refractivity contribution in [3.8, 4) is 11.1 Å². The lowest BCUT2D eigenvalue weighted by Crippen LogP contribution is -2.26. The Morgan fingerprint density at radius 3 is 2.39 bits per heavy atom. The highest BCUT2D eigenvalue weighted by atomic mass is 35.5. The van der Waals surface area contributed by atoms with Crippen molar-refractivity contribution >= 4 is 29.3 Å². The molecule has 0 aliphatic heterocycles. The second-order valence-electron chi connectivity index (χ2n) is 8.29. The van der Waals surface area contributed by atoms with Gasteiger partial charge in [-0.15, -0.1) is 0 Å². The lowest BCUT2D eigenvalue weighted by Gasteiger charge is -2.22. The van der Waals surface area contributed by atoms with Gasteiger partial charge in [-0.1, -0.05) is 61.8 Å². The summed E-state index contributed by atoms with van der Waals surface area (Å²) < 4.78 is 0. The Balaban J connectivity index is 1.70. The van der Waals surface area contributed by atoms with Gasteiger partial charge in [-0.3, -0.25) is 9.59 Å². The number of aliphatic carboxylic acids is 1. The molecular weight excluding hydrogens is 438 g/mol. The molecule has 3 N–H and O–H groups in total. The number of benzene rings is 2. The predicted octanol–water partition coefficient (Wildman–Crippen LogP) is 5.81. The number of nitrogens with zero attached hydrogens (tertiary/aromatic N) is 1. The Labute approximate surface area is 199 Å². The lowest BCUT2D eigenvalue weighted by atomic mass is 9.95. The number of pyridine rings is 1. The average molecular weight is 466 g/mol. The van der Waals surface area contributed by atoms with E-state index in [0.29, 0.717) is 22.3 Å². The molecule has 0 aliphatic carbocycles. The summed E-state index contributed by atoms with van der Waals surface area (Å²) in [4.78, 5) is 27.1. The fraction of sp³-hybridized carbons (Fsp3) is 0.269. The molecule has 1 unspecified atom stereocenters. The molecule has 1 heterocycles. The SMILES string of the molecule is CC(C)CC(Nc1ccc(C(=O)NCCC(=O)O)cn1)c1ccc(-c2cccc(Cl)c2)cc1. The number of hydrogen-bond donors (Lipinski definition) is 3. The van der Waals surface area contributed by atoms with Crippen molar-refractivity contribution in [2.75, 3.05) is 11.9 Å². The van der Waals surface area contributed by atoms with Crippen molar-refractivity contribution in [2.45, 2.75) is 32.7 Å². The second kappa shape index (κ2) is 11.5. The van der Waals surface area contributed by atoms with Crippen LogP contribution in [-0.2, 0) is 4.79 Å². The molecule has 0 aliphatic rings. The molecule has 172 valence electrons. The molecule has 0 saturated heterocycles. The summed E-state index contributed by atoms with van der Waals surface area (Å²) in [7, 11) is 0. The molecule has 1 amide bonds. The summed E-state index contributed by atoms with van der Waals surface area (Å²) >= 11 is 6.13. The Hall–Kier alpha value is -3.38. The number of halogens is 1. The van der Waals surface area contributed by atoms with Gasteiger partial charge in [0.2, 0.25) is 0 Å². The molecule has 33 heavy (non-hydrogen) atoms. The van der Waals surface area contributed by atoms with E-state index in [-0.39, 0.29) is 24.9 Å². The van der Waals surface area contributed by atoms with Crippen LogP contribution in [0.25, 0.3) is 11.1 Å². The molecule has 1 atom stereocenters. The van der Waals surface area contributed by atoms with Crippen LogP contribution in [0.5, 0.6) is 0 Å². The van der Waals surface area contributed by atoms with Gasteiger partial charge in [-0.2, -0.15) is 0 Å². The zero-order chi connectivity index (χ0) is 23.8. The van der Waals surface area contributed by atoms with Crippen LogP contribution in [0.4, 0.5) is 5.82 Å². The number of nitrogens with one attached hydrogen (secondary N) is 2. The van der Waals surface area contributed by atoms with E-state index in [9.17, 15) is 9.59 Å². The van der Waals surface area contributed by atoms with Crippen LogP contribution in [0.3, 0.4) is 0 Å². The summed E-state index contributed by atoms with van der Waals surface area (Å²) in [5.41, 5.74) is 3.70. The van der Waals surface area contributed by atoms with Gasteiger partial charge >= 0.3 is 5.97 Å². The number of carboxylic acids is 1. The fourth-order valence-corrected chi connectivity index (χ4v) is 3.69. The first-order valence-corrected chi connectivity index (χ1v) is 11.3. The zero-order valence-electron chi connectivity index (χ0n) is 18.7. The van der Waals surface area contributed by atoms with Gasteiger partial charge in [0.15, 0.2) is 0 Å². The van der Waals surface area contributed by atoms with Crippen LogP contribution in [-0.4, -0.2) is 28.5 Å². The summed E-state index contributed by atoms with van der Waals surface area (Å²) in [6.45, 7) is 4.43. The fourth-order valence-electron chi connectivity index (χ4n) is 3.50. The van der Waals surface area contributed by atoms with Gasteiger partial charge < -0.3 is 15.7 Å². The summed E-state index contributed by atoms with van der Waals surface area (Å²) in [5.74, 6) is -0.161. The Morgan fingerprint density at radius 1 is 1.03 bits per heavy atom. The highest BCUT2D eigenvalue weighted by Crippen LogP contribution is 2.29. The van der Waals surface area contributed by atoms with Crippen LogP contribution in [0, 0.1) is 5.92 Å². The third-order valence-corrected chi connectivity index (χ3v) is 5.39. The smallest absolute Gasteiger partial charge is 0.305 e. The van der Waals surface area contributed by atoms with Crippen molar-refractivity contribution in [3.05, 3.63) is 83.0 Å². The topological polar surface area (TPSA) is 91.3 Å². The van der Waals surface area contributed by atoms with Gasteiger partial charge in [0.25, 0.3) is 5.91 Å². The Bertz CT molecular complexity index is 1080. The Kier molecular flexibility index (Phi) is 8.44. The molecule has 2 aromatic carbocycles. The average Bonchev–Trinajstić information content (AvgIpc) is 2.78. The Morgan fingerprint density at radius 2 is 1.79 bits per heavy atom. The minimum atomic E-state index is -0.954. The molecule has 1 aromatic heterocycles. The van der Waals surface area contributed by atoms with E-state index in [1.807, 2.05) is 24.3 Å². The van der Waals surface area contributed by atoms with Crippen molar-refractivity contribution < 1.29 is 14.7 Å². The van der Waals surface area contributed by atoms with Gasteiger partial charge in [0, 0.05) is 17.8 Å². The van der Waals surface area contributed by atoms with E-state index in [2.05, 4.69) is 53.7 Å². The number of carboxylic acid groups (broad SMARTS) is 1.